The van der Waals surface area contributed by atoms with E-state index >= 15 is 0 Å². The molecule has 3 heteroatoms. The molecule has 68 valence electrons. The maximum absolute atomic E-state index is 9.12. The fourth-order valence-corrected chi connectivity index (χ4v) is 1.89. The molecule has 0 amide bonds. The van der Waals surface area contributed by atoms with Gasteiger partial charge in [-0.05, 0) is 25.0 Å². The molecule has 0 atom stereocenters. The summed E-state index contributed by atoms with van der Waals surface area (Å²) in [5.41, 5.74) is 1.76. The fraction of sp³-hybridized carbons (Fsp3) is 0.273. The van der Waals surface area contributed by atoms with Gasteiger partial charge in [0.1, 0.15) is 5.65 Å². The van der Waals surface area contributed by atoms with Crippen molar-refractivity contribution in [2.45, 2.75) is 18.3 Å². The van der Waals surface area contributed by atoms with E-state index in [-0.39, 0.29) is 5.41 Å². The minimum Gasteiger partial charge on any atom is -0.302 e. The molecule has 1 saturated carbocycles. The third-order valence-electron chi connectivity index (χ3n) is 2.88. The first-order valence-electron chi connectivity index (χ1n) is 4.70. The summed E-state index contributed by atoms with van der Waals surface area (Å²) in [6, 6.07) is 8.34. The van der Waals surface area contributed by atoms with Crippen molar-refractivity contribution < 1.29 is 0 Å². The van der Waals surface area contributed by atoms with Crippen LogP contribution in [0.4, 0.5) is 0 Å². The first-order valence-corrected chi connectivity index (χ1v) is 4.70. The summed E-state index contributed by atoms with van der Waals surface area (Å²) in [4.78, 5) is 4.21. The van der Waals surface area contributed by atoms with Crippen LogP contribution >= 0.6 is 0 Å². The highest BCUT2D eigenvalue weighted by Crippen LogP contribution is 2.47. The maximum Gasteiger partial charge on any atom is 0.136 e. The van der Waals surface area contributed by atoms with Crippen LogP contribution in [0.5, 0.6) is 0 Å². The second kappa shape index (κ2) is 2.36. The number of hydrogen-bond donors (Lipinski definition) is 0. The Hall–Kier alpha value is -1.82. The second-order valence-electron chi connectivity index (χ2n) is 3.76. The number of aromatic nitrogens is 2. The van der Waals surface area contributed by atoms with E-state index in [1.54, 1.807) is 6.20 Å². The van der Waals surface area contributed by atoms with E-state index in [1.807, 2.05) is 28.8 Å². The first-order chi connectivity index (χ1) is 6.86. The molecular weight excluding hydrogens is 174 g/mol. The van der Waals surface area contributed by atoms with Crippen LogP contribution in [0.25, 0.3) is 5.65 Å². The third kappa shape index (κ3) is 0.828. The molecule has 0 bridgehead atoms. The highest BCUT2D eigenvalue weighted by molar-refractivity contribution is 5.45. The quantitative estimate of drug-likeness (QED) is 0.677. The van der Waals surface area contributed by atoms with Gasteiger partial charge in [0.25, 0.3) is 0 Å². The Morgan fingerprint density at radius 2 is 2.29 bits per heavy atom. The summed E-state index contributed by atoms with van der Waals surface area (Å²) in [6.07, 6.45) is 5.63. The van der Waals surface area contributed by atoms with Gasteiger partial charge in [0, 0.05) is 18.1 Å². The molecule has 1 aliphatic rings. The molecule has 2 aromatic rings. The number of pyridine rings is 1. The van der Waals surface area contributed by atoms with Crippen LogP contribution in [0.3, 0.4) is 0 Å². The lowest BCUT2D eigenvalue weighted by Gasteiger charge is -2.08. The lowest BCUT2D eigenvalue weighted by atomic mass is 10.0. The molecule has 3 nitrogen and oxygen atoms in total. The molecule has 2 aromatic heterocycles. The van der Waals surface area contributed by atoms with E-state index in [2.05, 4.69) is 11.1 Å². The lowest BCUT2D eigenvalue weighted by molar-refractivity contribution is 0.828. The van der Waals surface area contributed by atoms with Crippen LogP contribution < -0.4 is 0 Å². The van der Waals surface area contributed by atoms with Gasteiger partial charge in [-0.15, -0.1) is 0 Å². The number of imidazole rings is 1. The predicted molar refractivity (Wildman–Crippen MR) is 51.7 cm³/mol. The molecule has 0 spiro atoms. The molecule has 0 aromatic carbocycles. The Labute approximate surface area is 81.6 Å². The highest BCUT2D eigenvalue weighted by Gasteiger charge is 2.46. The van der Waals surface area contributed by atoms with Gasteiger partial charge < -0.3 is 4.40 Å². The Bertz CT molecular complexity index is 529. The van der Waals surface area contributed by atoms with Crippen molar-refractivity contribution in [3.8, 4) is 6.07 Å². The number of fused-ring (bicyclic) bond motifs is 1. The third-order valence-corrected chi connectivity index (χ3v) is 2.88. The van der Waals surface area contributed by atoms with Gasteiger partial charge in [-0.2, -0.15) is 5.26 Å². The summed E-state index contributed by atoms with van der Waals surface area (Å²) >= 11 is 0. The first kappa shape index (κ1) is 7.57. The van der Waals surface area contributed by atoms with Crippen LogP contribution in [0.2, 0.25) is 0 Å². The standard InChI is InChI=1S/C11H9N3/c12-8-11(4-5-11)9-2-1-3-10-13-6-7-14(9)10/h1-3,6-7H,4-5H2. The largest absolute Gasteiger partial charge is 0.302 e. The minimum atomic E-state index is -0.236. The Kier molecular flexibility index (Phi) is 1.27. The van der Waals surface area contributed by atoms with Crippen molar-refractivity contribution in [1.82, 2.24) is 9.38 Å². The summed E-state index contributed by atoms with van der Waals surface area (Å²) < 4.78 is 2.01. The van der Waals surface area contributed by atoms with Crippen LogP contribution in [0.1, 0.15) is 18.5 Å². The Balaban J connectivity index is 2.32. The number of nitriles is 1. The summed E-state index contributed by atoms with van der Waals surface area (Å²) in [6.45, 7) is 0. The monoisotopic (exact) mass is 183 g/mol. The summed E-state index contributed by atoms with van der Waals surface area (Å²) in [5.74, 6) is 0. The van der Waals surface area contributed by atoms with Crippen molar-refractivity contribution in [3.05, 3.63) is 36.3 Å². The zero-order chi connectivity index (χ0) is 9.60. The Morgan fingerprint density at radius 1 is 1.43 bits per heavy atom. The van der Waals surface area contributed by atoms with Crippen LogP contribution in [-0.2, 0) is 5.41 Å². The number of rotatable bonds is 1. The number of nitrogens with zero attached hydrogens (tertiary/aromatic N) is 3. The Morgan fingerprint density at radius 3 is 3.00 bits per heavy atom. The average Bonchev–Trinajstić information content (AvgIpc) is 2.87. The van der Waals surface area contributed by atoms with Crippen molar-refractivity contribution in [1.29, 1.82) is 5.26 Å². The van der Waals surface area contributed by atoms with Gasteiger partial charge in [-0.3, -0.25) is 0 Å². The molecule has 1 aliphatic carbocycles. The predicted octanol–water partition coefficient (Wildman–Crippen LogP) is 1.89. The van der Waals surface area contributed by atoms with Gasteiger partial charge in [-0.1, -0.05) is 6.07 Å². The van der Waals surface area contributed by atoms with E-state index in [9.17, 15) is 0 Å². The van der Waals surface area contributed by atoms with Gasteiger partial charge in [0.05, 0.1) is 11.5 Å². The van der Waals surface area contributed by atoms with Gasteiger partial charge in [-0.25, -0.2) is 4.98 Å². The van der Waals surface area contributed by atoms with E-state index in [1.165, 1.54) is 0 Å². The van der Waals surface area contributed by atoms with Crippen molar-refractivity contribution >= 4 is 5.65 Å². The van der Waals surface area contributed by atoms with Crippen molar-refractivity contribution in [3.63, 3.8) is 0 Å². The van der Waals surface area contributed by atoms with E-state index in [0.29, 0.717) is 0 Å². The zero-order valence-electron chi connectivity index (χ0n) is 7.64. The molecule has 0 aliphatic heterocycles. The maximum atomic E-state index is 9.12. The van der Waals surface area contributed by atoms with Crippen molar-refractivity contribution in [2.75, 3.05) is 0 Å². The van der Waals surface area contributed by atoms with Gasteiger partial charge >= 0.3 is 0 Å². The molecule has 1 fully saturated rings. The second-order valence-corrected chi connectivity index (χ2v) is 3.76. The van der Waals surface area contributed by atoms with E-state index < -0.39 is 0 Å². The molecule has 0 saturated heterocycles. The normalized spacial score (nSPS) is 17.9. The molecule has 3 rings (SSSR count). The summed E-state index contributed by atoms with van der Waals surface area (Å²) in [7, 11) is 0. The fourth-order valence-electron chi connectivity index (χ4n) is 1.89. The molecule has 0 N–H and O–H groups in total. The molecule has 14 heavy (non-hydrogen) atoms. The molecular formula is C11H9N3. The van der Waals surface area contributed by atoms with Crippen LogP contribution in [0.15, 0.2) is 30.6 Å². The number of hydrogen-bond acceptors (Lipinski definition) is 2. The molecule has 0 unspecified atom stereocenters. The molecule has 2 heterocycles. The highest BCUT2D eigenvalue weighted by atomic mass is 15.0. The van der Waals surface area contributed by atoms with Crippen LogP contribution in [-0.4, -0.2) is 9.38 Å². The average molecular weight is 183 g/mol. The van der Waals surface area contributed by atoms with Gasteiger partial charge in [0.15, 0.2) is 0 Å². The SMILES string of the molecule is N#CC1(c2cccc3nccn23)CC1. The van der Waals surface area contributed by atoms with Crippen molar-refractivity contribution in [2.24, 2.45) is 0 Å². The summed E-state index contributed by atoms with van der Waals surface area (Å²) in [5, 5.41) is 9.12. The smallest absolute Gasteiger partial charge is 0.136 e. The zero-order valence-corrected chi connectivity index (χ0v) is 7.64. The molecule has 0 radical (unpaired) electrons. The minimum absolute atomic E-state index is 0.236. The lowest BCUT2D eigenvalue weighted by Crippen LogP contribution is -2.08. The van der Waals surface area contributed by atoms with E-state index in [0.717, 1.165) is 24.2 Å². The topological polar surface area (TPSA) is 41.1 Å². The van der Waals surface area contributed by atoms with Gasteiger partial charge in [0.2, 0.25) is 0 Å². The van der Waals surface area contributed by atoms with Crippen LogP contribution in [0, 0.1) is 11.3 Å². The van der Waals surface area contributed by atoms with E-state index in [4.69, 9.17) is 5.26 Å².